The third-order valence-electron chi connectivity index (χ3n) is 4.02. The fourth-order valence-electron chi connectivity index (χ4n) is 2.49. The van der Waals surface area contributed by atoms with E-state index in [2.05, 4.69) is 9.97 Å². The molecule has 0 spiro atoms. The van der Waals surface area contributed by atoms with Gasteiger partial charge >= 0.3 is 28.9 Å². The third kappa shape index (κ3) is 9.05. The Kier molecular flexibility index (Phi) is 10.7. The van der Waals surface area contributed by atoms with Gasteiger partial charge in [-0.3, -0.25) is 0 Å². The van der Waals surface area contributed by atoms with Crippen molar-refractivity contribution in [2.24, 2.45) is 0 Å². The molecular weight excluding hydrogens is 543 g/mol. The van der Waals surface area contributed by atoms with Gasteiger partial charge in [0.2, 0.25) is 0 Å². The Morgan fingerprint density at radius 2 is 1.09 bits per heavy atom. The minimum absolute atomic E-state index is 0. The molecule has 0 saturated carbocycles. The minimum Gasteiger partial charge on any atom is -0.550 e. The Morgan fingerprint density at radius 1 is 0.714 bits per heavy atom. The molecule has 0 amide bonds. The average Bonchev–Trinajstić information content (AvgIpc) is 3.39. The number of nitrogens with zero attached hydrogens (tertiary/aromatic N) is 2. The molecule has 0 unspecified atom stereocenters. The summed E-state index contributed by atoms with van der Waals surface area (Å²) in [7, 11) is 0. The second-order valence-electron chi connectivity index (χ2n) is 6.59. The molecule has 0 aliphatic carbocycles. The number of thiocarbonyl (C=S) groups is 2. The number of ether oxygens (including phenoxy) is 2. The molecule has 0 bridgehead atoms. The molecule has 0 saturated heterocycles. The van der Waals surface area contributed by atoms with Crippen molar-refractivity contribution in [3.8, 4) is 12.2 Å². The number of carboxylic acid groups (broad SMARTS) is 2. The van der Waals surface area contributed by atoms with E-state index in [0.29, 0.717) is 22.2 Å². The Balaban J connectivity index is 0.000000240. The van der Waals surface area contributed by atoms with Crippen molar-refractivity contribution < 1.29 is 54.9 Å². The van der Waals surface area contributed by atoms with Crippen LogP contribution >= 0.6 is 24.4 Å². The zero-order valence-corrected chi connectivity index (χ0v) is 20.4. The van der Waals surface area contributed by atoms with Gasteiger partial charge in [-0.1, -0.05) is 24.3 Å². The molecule has 10 nitrogen and oxygen atoms in total. The Bertz CT molecular complexity index is 1170. The van der Waals surface area contributed by atoms with Gasteiger partial charge in [0.25, 0.3) is 0 Å². The van der Waals surface area contributed by atoms with E-state index in [1.54, 1.807) is 24.3 Å². The van der Waals surface area contributed by atoms with E-state index in [1.165, 1.54) is 0 Å². The van der Waals surface area contributed by atoms with Crippen LogP contribution in [0.15, 0.2) is 57.4 Å². The summed E-state index contributed by atoms with van der Waals surface area (Å²) >= 11 is 9.69. The van der Waals surface area contributed by atoms with E-state index in [9.17, 15) is 19.8 Å². The number of para-hydroxylation sites is 4. The van der Waals surface area contributed by atoms with Crippen molar-refractivity contribution in [3.05, 3.63) is 48.5 Å². The van der Waals surface area contributed by atoms with Gasteiger partial charge in [-0.15, -0.1) is 0 Å². The van der Waals surface area contributed by atoms with Gasteiger partial charge in [-0.25, -0.2) is 0 Å². The van der Waals surface area contributed by atoms with Crippen molar-refractivity contribution in [1.29, 1.82) is 0 Å². The fourth-order valence-corrected chi connectivity index (χ4v) is 2.84. The van der Waals surface area contributed by atoms with Crippen LogP contribution in [0.1, 0.15) is 25.7 Å². The number of rotatable bonds is 8. The van der Waals surface area contributed by atoms with Crippen LogP contribution in [0.5, 0.6) is 12.2 Å². The van der Waals surface area contributed by atoms with Gasteiger partial charge in [-0.05, 0) is 61.5 Å². The molecule has 2 aromatic carbocycles. The molecule has 13 heteroatoms. The molecule has 0 fully saturated rings. The molecule has 0 aliphatic rings. The number of carboxylic acids is 2. The summed E-state index contributed by atoms with van der Waals surface area (Å²) in [6.45, 7) is 0. The monoisotopic (exact) mass is 559 g/mol. The van der Waals surface area contributed by atoms with Crippen molar-refractivity contribution in [1.82, 2.24) is 9.97 Å². The van der Waals surface area contributed by atoms with Crippen LogP contribution in [0, 0.1) is 0 Å². The van der Waals surface area contributed by atoms with E-state index in [4.69, 9.17) is 42.7 Å². The summed E-state index contributed by atoms with van der Waals surface area (Å²) in [4.78, 5) is 28.5. The van der Waals surface area contributed by atoms with Gasteiger partial charge in [0, 0.05) is 24.8 Å². The van der Waals surface area contributed by atoms with E-state index in [1.807, 2.05) is 24.3 Å². The van der Waals surface area contributed by atoms with E-state index < -0.39 is 11.9 Å². The van der Waals surface area contributed by atoms with Crippen LogP contribution in [-0.2, 0) is 26.4 Å². The van der Waals surface area contributed by atoms with Gasteiger partial charge in [0.1, 0.15) is 11.0 Å². The largest absolute Gasteiger partial charge is 2.00 e. The molecule has 0 atom stereocenters. The molecular formula is C22H16CoN2O8S2. The first-order valence-electron chi connectivity index (χ1n) is 9.82. The molecule has 4 rings (SSSR count). The molecule has 0 N–H and O–H groups in total. The number of aromatic nitrogens is 2. The van der Waals surface area contributed by atoms with E-state index >= 15 is 0 Å². The molecule has 35 heavy (non-hydrogen) atoms. The maximum absolute atomic E-state index is 10.2. The summed E-state index contributed by atoms with van der Waals surface area (Å²) in [6, 6.07) is 14.3. The van der Waals surface area contributed by atoms with Gasteiger partial charge < -0.3 is 38.1 Å². The SMILES string of the molecule is O=C([O-])CCC(=S)Oc1nc2ccccc2o1.O=C([O-])CCC(=S)Oc1nc2ccccc2o1.[Co+2]. The number of hydrogen-bond donors (Lipinski definition) is 0. The number of carbonyl (C=O) groups is 2. The smallest absolute Gasteiger partial charge is 0.550 e. The van der Waals surface area contributed by atoms with Crippen molar-refractivity contribution in [2.45, 2.75) is 25.7 Å². The number of benzene rings is 2. The maximum atomic E-state index is 10.2. The number of aliphatic carboxylic acids is 2. The second-order valence-corrected chi connectivity index (χ2v) is 7.50. The summed E-state index contributed by atoms with van der Waals surface area (Å²) in [6.07, 6.45) is -0.130. The fraction of sp³-hybridized carbons (Fsp3) is 0.182. The third-order valence-corrected chi connectivity index (χ3v) is 4.59. The van der Waals surface area contributed by atoms with Crippen LogP contribution in [0.3, 0.4) is 0 Å². The van der Waals surface area contributed by atoms with Gasteiger partial charge in [-0.2, -0.15) is 9.97 Å². The van der Waals surface area contributed by atoms with Gasteiger partial charge in [0.15, 0.2) is 21.3 Å². The standard InChI is InChI=1S/2C11H9NO4S.Co/c2*13-9(14)5-6-10(17)16-11-12-7-3-1-2-4-8(7)15-11;/h2*1-4H,5-6H2,(H,13,14);/q;;+2/p-2. The Labute approximate surface area is 219 Å². The Hall–Kier alpha value is -3.39. The Morgan fingerprint density at radius 3 is 1.43 bits per heavy atom. The van der Waals surface area contributed by atoms with Crippen LogP contribution in [0.4, 0.5) is 0 Å². The molecule has 183 valence electrons. The predicted octanol–water partition coefficient (Wildman–Crippen LogP) is 2.13. The zero-order valence-electron chi connectivity index (χ0n) is 17.8. The van der Waals surface area contributed by atoms with Crippen LogP contribution < -0.4 is 19.7 Å². The first-order chi connectivity index (χ1) is 16.3. The van der Waals surface area contributed by atoms with E-state index in [0.717, 1.165) is 0 Å². The van der Waals surface area contributed by atoms with Gasteiger partial charge in [0.05, 0.1) is 0 Å². The number of carbonyl (C=O) groups excluding carboxylic acids is 2. The van der Waals surface area contributed by atoms with Crippen molar-refractivity contribution in [2.75, 3.05) is 0 Å². The first kappa shape index (κ1) is 27.8. The molecule has 1 radical (unpaired) electrons. The topological polar surface area (TPSA) is 151 Å². The summed E-state index contributed by atoms with van der Waals surface area (Å²) in [5.74, 6) is -2.35. The maximum Gasteiger partial charge on any atom is 2.00 e. The molecule has 4 aromatic rings. The summed E-state index contributed by atoms with van der Waals surface area (Å²) in [5, 5.41) is 20.7. The summed E-state index contributed by atoms with van der Waals surface area (Å²) in [5.41, 5.74) is 2.49. The van der Waals surface area contributed by atoms with Crippen LogP contribution in [-0.4, -0.2) is 32.0 Å². The minimum atomic E-state index is -1.17. The predicted molar refractivity (Wildman–Crippen MR) is 123 cm³/mol. The molecule has 0 aliphatic heterocycles. The van der Waals surface area contributed by atoms with E-state index in [-0.39, 0.29) is 64.7 Å². The normalized spacial score (nSPS) is 10.1. The number of oxazole rings is 2. The van der Waals surface area contributed by atoms with Crippen LogP contribution in [0.25, 0.3) is 22.2 Å². The second kappa shape index (κ2) is 13.5. The van der Waals surface area contributed by atoms with Crippen molar-refractivity contribution in [3.63, 3.8) is 0 Å². The first-order valence-corrected chi connectivity index (χ1v) is 10.6. The quantitative estimate of drug-likeness (QED) is 0.291. The summed E-state index contributed by atoms with van der Waals surface area (Å²) < 4.78 is 20.7. The average molecular weight is 559 g/mol. The van der Waals surface area contributed by atoms with Crippen molar-refractivity contribution >= 4 is 68.7 Å². The van der Waals surface area contributed by atoms with Crippen LogP contribution in [0.2, 0.25) is 0 Å². The number of hydrogen-bond acceptors (Lipinski definition) is 12. The molecule has 2 aromatic heterocycles. The number of fused-ring (bicyclic) bond motifs is 2. The molecule has 2 heterocycles. The zero-order chi connectivity index (χ0) is 24.5.